The smallest absolute Gasteiger partial charge is 0.234 e. The number of fused-ring (bicyclic) bond motifs is 1. The van der Waals surface area contributed by atoms with Crippen molar-refractivity contribution in [2.24, 2.45) is 0 Å². The second-order valence-electron chi connectivity index (χ2n) is 8.93. The number of benzene rings is 2. The van der Waals surface area contributed by atoms with E-state index in [0.717, 1.165) is 34.0 Å². The minimum atomic E-state index is -0.526. The van der Waals surface area contributed by atoms with Gasteiger partial charge in [0, 0.05) is 54.1 Å². The number of aromatic nitrogens is 1. The zero-order valence-corrected chi connectivity index (χ0v) is 20.3. The first-order chi connectivity index (χ1) is 17.3. The van der Waals surface area contributed by atoms with E-state index >= 15 is 0 Å². The Hall–Kier alpha value is -4.25. The molecule has 2 aromatic carbocycles. The van der Waals surface area contributed by atoms with Gasteiger partial charge < -0.3 is 24.6 Å². The zero-order valence-electron chi connectivity index (χ0n) is 20.3. The number of aromatic amines is 1. The molecule has 1 aromatic heterocycles. The molecular formula is C28H29FN4O3. The number of H-pyrrole nitrogens is 1. The highest BCUT2D eigenvalue weighted by Crippen LogP contribution is 2.30. The van der Waals surface area contributed by atoms with E-state index < -0.39 is 17.6 Å². The lowest BCUT2D eigenvalue weighted by Gasteiger charge is -2.46. The molecular weight excluding hydrogens is 459 g/mol. The van der Waals surface area contributed by atoms with Gasteiger partial charge in [-0.05, 0) is 48.2 Å². The molecule has 0 radical (unpaired) electrons. The first-order valence-corrected chi connectivity index (χ1v) is 11.7. The first kappa shape index (κ1) is 24.9. The van der Waals surface area contributed by atoms with Crippen molar-refractivity contribution in [3.8, 4) is 17.6 Å². The van der Waals surface area contributed by atoms with E-state index in [9.17, 15) is 14.3 Å². The molecule has 186 valence electrons. The fraction of sp³-hybridized carbons (Fsp3) is 0.286. The van der Waals surface area contributed by atoms with Crippen molar-refractivity contribution < 1.29 is 19.0 Å². The maximum Gasteiger partial charge on any atom is 0.234 e. The number of piperazine rings is 1. The van der Waals surface area contributed by atoms with Crippen molar-refractivity contribution in [1.29, 1.82) is 5.26 Å². The van der Waals surface area contributed by atoms with Crippen molar-refractivity contribution in [2.45, 2.75) is 25.3 Å². The van der Waals surface area contributed by atoms with Crippen molar-refractivity contribution in [2.75, 3.05) is 26.7 Å². The van der Waals surface area contributed by atoms with Crippen LogP contribution in [-0.4, -0.2) is 58.5 Å². The van der Waals surface area contributed by atoms with Gasteiger partial charge in [0.05, 0.1) is 19.7 Å². The molecule has 36 heavy (non-hydrogen) atoms. The predicted octanol–water partition coefficient (Wildman–Crippen LogP) is 4.30. The van der Waals surface area contributed by atoms with Crippen molar-refractivity contribution in [3.05, 3.63) is 84.1 Å². The summed E-state index contributed by atoms with van der Waals surface area (Å²) >= 11 is 0. The van der Waals surface area contributed by atoms with Crippen molar-refractivity contribution >= 4 is 16.7 Å². The molecule has 1 atom stereocenters. The van der Waals surface area contributed by atoms with Crippen molar-refractivity contribution in [1.82, 2.24) is 14.8 Å². The van der Waals surface area contributed by atoms with Crippen LogP contribution in [0.5, 0.6) is 11.5 Å². The Kier molecular flexibility index (Phi) is 7.30. The number of phenolic OH excluding ortho intramolecular Hbond substituents is 1. The topological polar surface area (TPSA) is 92.6 Å². The molecule has 0 aliphatic carbocycles. The lowest BCUT2D eigenvalue weighted by molar-refractivity contribution is -0.115. The Labute approximate surface area is 209 Å². The number of ketones is 1. The van der Waals surface area contributed by atoms with E-state index in [4.69, 9.17) is 10.00 Å². The minimum Gasteiger partial charge on any atom is -0.508 e. The fourth-order valence-corrected chi connectivity index (χ4v) is 4.74. The number of aromatic hydroxyl groups is 1. The summed E-state index contributed by atoms with van der Waals surface area (Å²) in [5.74, 6) is -0.337. The van der Waals surface area contributed by atoms with Gasteiger partial charge in [-0.3, -0.25) is 4.79 Å². The standard InChI is InChI=1S/C28H29FN4O3/c1-18-17-32(10-8-20-4-5-22(34)12-26(20)29)19(2)28(13-23(35)15-30)33(18)11-9-21-16-31-27-7-6-24(36-3)14-25(21)27/h4-7,12,14,16,28,31,34H,1-2,8-11,13,17H2,3H3. The number of ether oxygens (including phenoxy) is 1. The Morgan fingerprint density at radius 1 is 1.22 bits per heavy atom. The summed E-state index contributed by atoms with van der Waals surface area (Å²) in [6, 6.07) is 11.3. The Bertz CT molecular complexity index is 1360. The maximum atomic E-state index is 14.2. The molecule has 2 N–H and O–H groups in total. The minimum absolute atomic E-state index is 0.000130. The summed E-state index contributed by atoms with van der Waals surface area (Å²) in [5, 5.41) is 19.7. The predicted molar refractivity (Wildman–Crippen MR) is 136 cm³/mol. The molecule has 4 rings (SSSR count). The average molecular weight is 489 g/mol. The van der Waals surface area contributed by atoms with Crippen LogP contribution in [0.3, 0.4) is 0 Å². The Morgan fingerprint density at radius 3 is 2.72 bits per heavy atom. The maximum absolute atomic E-state index is 14.2. The third kappa shape index (κ3) is 5.20. The highest BCUT2D eigenvalue weighted by Gasteiger charge is 2.33. The van der Waals surface area contributed by atoms with Crippen LogP contribution in [0.15, 0.2) is 67.1 Å². The summed E-state index contributed by atoms with van der Waals surface area (Å²) in [7, 11) is 1.63. The summed E-state index contributed by atoms with van der Waals surface area (Å²) < 4.78 is 19.6. The number of nitrogens with one attached hydrogen (secondary N) is 1. The molecule has 8 heteroatoms. The SMILES string of the molecule is C=C1C(CC(=O)C#N)N(CCc2c[nH]c3ccc(OC)cc23)C(=C)CN1CCc1ccc(O)cc1F. The second-order valence-corrected chi connectivity index (χ2v) is 8.93. The molecule has 1 unspecified atom stereocenters. The molecule has 1 fully saturated rings. The van der Waals surface area contributed by atoms with Crippen LogP contribution in [0.4, 0.5) is 4.39 Å². The number of carbonyl (C=O) groups is 1. The van der Waals surface area contributed by atoms with Crippen LogP contribution < -0.4 is 4.74 Å². The number of phenols is 1. The zero-order chi connectivity index (χ0) is 25.8. The third-order valence-corrected chi connectivity index (χ3v) is 6.73. The van der Waals surface area contributed by atoms with Gasteiger partial charge in [-0.25, -0.2) is 4.39 Å². The van der Waals surface area contributed by atoms with Crippen LogP contribution in [0, 0.1) is 17.1 Å². The lowest BCUT2D eigenvalue weighted by atomic mass is 9.99. The molecule has 1 aliphatic rings. The number of nitriles is 1. The Balaban J connectivity index is 1.50. The number of carbonyl (C=O) groups excluding carboxylic acids is 1. The monoisotopic (exact) mass is 488 g/mol. The molecule has 2 heterocycles. The molecule has 0 bridgehead atoms. The van der Waals surface area contributed by atoms with Crippen LogP contribution in [0.25, 0.3) is 10.9 Å². The lowest BCUT2D eigenvalue weighted by Crippen LogP contribution is -2.51. The van der Waals surface area contributed by atoms with Gasteiger partial charge in [-0.1, -0.05) is 19.2 Å². The van der Waals surface area contributed by atoms with E-state index in [0.29, 0.717) is 43.7 Å². The third-order valence-electron chi connectivity index (χ3n) is 6.73. The van der Waals surface area contributed by atoms with Gasteiger partial charge in [0.15, 0.2) is 0 Å². The number of hydrogen-bond acceptors (Lipinski definition) is 6. The number of methoxy groups -OCH3 is 1. The van der Waals surface area contributed by atoms with Gasteiger partial charge in [-0.2, -0.15) is 5.26 Å². The summed E-state index contributed by atoms with van der Waals surface area (Å²) in [6.45, 7) is 10.0. The largest absolute Gasteiger partial charge is 0.508 e. The molecule has 0 saturated carbocycles. The highest BCUT2D eigenvalue weighted by atomic mass is 19.1. The highest BCUT2D eigenvalue weighted by molar-refractivity contribution is 5.94. The average Bonchev–Trinajstić information content (AvgIpc) is 3.27. The van der Waals surface area contributed by atoms with Crippen LogP contribution in [0.2, 0.25) is 0 Å². The van der Waals surface area contributed by atoms with Crippen LogP contribution in [-0.2, 0) is 17.6 Å². The molecule has 1 aliphatic heterocycles. The summed E-state index contributed by atoms with van der Waals surface area (Å²) in [4.78, 5) is 19.5. The van der Waals surface area contributed by atoms with E-state index in [1.165, 1.54) is 6.07 Å². The van der Waals surface area contributed by atoms with Crippen molar-refractivity contribution in [3.63, 3.8) is 0 Å². The summed E-state index contributed by atoms with van der Waals surface area (Å²) in [6.07, 6.45) is 3.06. The first-order valence-electron chi connectivity index (χ1n) is 11.7. The number of nitrogens with zero attached hydrogens (tertiary/aromatic N) is 3. The van der Waals surface area contributed by atoms with Gasteiger partial charge in [0.2, 0.25) is 5.78 Å². The summed E-state index contributed by atoms with van der Waals surface area (Å²) in [5.41, 5.74) is 4.11. The van der Waals surface area contributed by atoms with Gasteiger partial charge >= 0.3 is 0 Å². The normalized spacial score (nSPS) is 15.9. The molecule has 1 saturated heterocycles. The van der Waals surface area contributed by atoms with E-state index in [2.05, 4.69) is 18.1 Å². The second kappa shape index (κ2) is 10.6. The van der Waals surface area contributed by atoms with E-state index in [1.54, 1.807) is 19.2 Å². The molecule has 7 nitrogen and oxygen atoms in total. The number of halogens is 1. The number of hydrogen-bond donors (Lipinski definition) is 2. The van der Waals surface area contributed by atoms with Gasteiger partial charge in [0.1, 0.15) is 23.4 Å². The fourth-order valence-electron chi connectivity index (χ4n) is 4.74. The van der Waals surface area contributed by atoms with Gasteiger partial charge in [0.25, 0.3) is 0 Å². The molecule has 0 amide bonds. The molecule has 3 aromatic rings. The number of Topliss-reactive ketones (excluding diaryl/α,β-unsaturated/α-hetero) is 1. The van der Waals surface area contributed by atoms with E-state index in [1.807, 2.05) is 34.2 Å². The van der Waals surface area contributed by atoms with E-state index in [-0.39, 0.29) is 12.2 Å². The van der Waals surface area contributed by atoms with Crippen LogP contribution in [0.1, 0.15) is 17.5 Å². The quantitative estimate of drug-likeness (QED) is 0.436. The van der Waals surface area contributed by atoms with Crippen LogP contribution >= 0.6 is 0 Å². The number of rotatable bonds is 9. The van der Waals surface area contributed by atoms with Gasteiger partial charge in [-0.15, -0.1) is 0 Å². The Morgan fingerprint density at radius 2 is 2.00 bits per heavy atom. The molecule has 0 spiro atoms.